The molecule has 0 spiro atoms. The van der Waals surface area contributed by atoms with Crippen LogP contribution < -0.4 is 0 Å². The fourth-order valence-electron chi connectivity index (χ4n) is 1.27. The summed E-state index contributed by atoms with van der Waals surface area (Å²) < 4.78 is 47.8. The third-order valence-corrected chi connectivity index (χ3v) is 1.93. The third-order valence-electron chi connectivity index (χ3n) is 1.93. The van der Waals surface area contributed by atoms with E-state index in [1.54, 1.807) is 0 Å². The number of carbonyl (C=O) groups excluding carboxylic acids is 1. The minimum atomic E-state index is -4.49. The summed E-state index contributed by atoms with van der Waals surface area (Å²) >= 11 is 0. The molecule has 1 aliphatic rings. The molecule has 1 unspecified atom stereocenters. The van der Waals surface area contributed by atoms with Gasteiger partial charge in [-0.1, -0.05) is 5.57 Å². The van der Waals surface area contributed by atoms with Crippen molar-refractivity contribution in [2.24, 2.45) is 5.92 Å². The topological polar surface area (TPSA) is 17.1 Å². The van der Waals surface area contributed by atoms with Gasteiger partial charge < -0.3 is 0 Å². The Bertz CT molecular complexity index is 251. The molecule has 0 aromatic heterocycles. The van der Waals surface area contributed by atoms with Crippen LogP contribution in [0.15, 0.2) is 11.1 Å². The number of rotatable bonds is 1. The van der Waals surface area contributed by atoms with Crippen LogP contribution in [0, 0.1) is 5.92 Å². The molecule has 0 bridgehead atoms. The van der Waals surface area contributed by atoms with Crippen molar-refractivity contribution in [1.82, 2.24) is 0 Å². The first-order valence-corrected chi connectivity index (χ1v) is 3.30. The molecule has 68 valence electrons. The van der Waals surface area contributed by atoms with E-state index >= 15 is 0 Å². The minimum Gasteiger partial charge on any atom is -0.256 e. The van der Waals surface area contributed by atoms with Crippen LogP contribution in [-0.4, -0.2) is 12.2 Å². The van der Waals surface area contributed by atoms with Crippen molar-refractivity contribution in [1.29, 1.82) is 0 Å². The fourth-order valence-corrected chi connectivity index (χ4v) is 1.27. The molecule has 12 heavy (non-hydrogen) atoms. The molecule has 0 aromatic carbocycles. The molecule has 1 aliphatic carbocycles. The summed E-state index contributed by atoms with van der Waals surface area (Å²) in [5.41, 5.74) is -0.507. The number of hydrogen-bond donors (Lipinski definition) is 0. The number of halogens is 4. The highest BCUT2D eigenvalue weighted by Gasteiger charge is 2.50. The van der Waals surface area contributed by atoms with E-state index in [1.807, 2.05) is 0 Å². The van der Waals surface area contributed by atoms with Gasteiger partial charge in [0.25, 0.3) is 0 Å². The van der Waals surface area contributed by atoms with E-state index in [2.05, 4.69) is 0 Å². The van der Waals surface area contributed by atoms with Gasteiger partial charge in [-0.25, -0.2) is 0 Å². The minimum absolute atomic E-state index is 0.199. The van der Waals surface area contributed by atoms with Crippen LogP contribution in [0.4, 0.5) is 17.6 Å². The van der Waals surface area contributed by atoms with Crippen molar-refractivity contribution in [2.45, 2.75) is 19.5 Å². The normalized spacial score (nSPS) is 23.9. The maximum absolute atomic E-state index is 12.0. The predicted molar refractivity (Wildman–Crippen MR) is 33.0 cm³/mol. The first-order valence-electron chi connectivity index (χ1n) is 3.30. The van der Waals surface area contributed by atoms with Gasteiger partial charge in [-0.2, -0.15) is 17.6 Å². The predicted octanol–water partition coefficient (Wildman–Crippen LogP) is 2.38. The van der Waals surface area contributed by atoms with Crippen LogP contribution >= 0.6 is 0 Å². The number of allylic oxidation sites excluding steroid dienone is 2. The summed E-state index contributed by atoms with van der Waals surface area (Å²) in [7, 11) is 0. The summed E-state index contributed by atoms with van der Waals surface area (Å²) in [5, 5.41) is 0. The van der Waals surface area contributed by atoms with Crippen molar-refractivity contribution in [3.63, 3.8) is 0 Å². The van der Waals surface area contributed by atoms with Gasteiger partial charge in [-0.15, -0.1) is 0 Å². The molecule has 0 aliphatic heterocycles. The van der Waals surface area contributed by atoms with Crippen LogP contribution in [-0.2, 0) is 4.79 Å². The molecule has 1 rings (SSSR count). The number of carbonyl (C=O) groups is 1. The second kappa shape index (κ2) is 2.57. The first-order chi connectivity index (χ1) is 5.34. The maximum atomic E-state index is 12.0. The van der Waals surface area contributed by atoms with Crippen molar-refractivity contribution in [2.75, 3.05) is 0 Å². The summed E-state index contributed by atoms with van der Waals surface area (Å²) in [4.78, 5) is 10.1. The van der Waals surface area contributed by atoms with Gasteiger partial charge in [-0.05, 0) is 13.3 Å². The molecule has 0 N–H and O–H groups in total. The molecular formula is C7H6F4O. The fraction of sp³-hybridized carbons (Fsp3) is 0.571. The lowest BCUT2D eigenvalue weighted by atomic mass is 9.78. The SMILES string of the molecule is CC1=C(C(=O)F)C(C(F)(F)F)C1. The van der Waals surface area contributed by atoms with E-state index in [9.17, 15) is 22.4 Å². The molecule has 0 amide bonds. The second-order valence-electron chi connectivity index (χ2n) is 2.77. The Labute approximate surface area is 66.1 Å². The van der Waals surface area contributed by atoms with E-state index in [-0.39, 0.29) is 12.0 Å². The zero-order valence-electron chi connectivity index (χ0n) is 6.20. The van der Waals surface area contributed by atoms with Gasteiger partial charge in [-0.3, -0.25) is 4.79 Å². The average Bonchev–Trinajstić information content (AvgIpc) is 1.78. The smallest absolute Gasteiger partial charge is 0.256 e. The lowest BCUT2D eigenvalue weighted by molar-refractivity contribution is -0.173. The third kappa shape index (κ3) is 1.35. The lowest BCUT2D eigenvalue weighted by Crippen LogP contribution is -2.34. The standard InChI is InChI=1S/C7H6F4O/c1-3-2-4(7(9,10)11)5(3)6(8)12/h4H,2H2,1H3. The van der Waals surface area contributed by atoms with Crippen LogP contribution in [0.25, 0.3) is 0 Å². The monoisotopic (exact) mass is 182 g/mol. The highest BCUT2D eigenvalue weighted by molar-refractivity contribution is 5.91. The summed E-state index contributed by atoms with van der Waals surface area (Å²) in [6.45, 7) is 1.33. The van der Waals surface area contributed by atoms with Crippen LogP contribution in [0.5, 0.6) is 0 Å². The van der Waals surface area contributed by atoms with Gasteiger partial charge >= 0.3 is 12.2 Å². The Morgan fingerprint density at radius 1 is 1.50 bits per heavy atom. The van der Waals surface area contributed by atoms with Crippen molar-refractivity contribution < 1.29 is 22.4 Å². The Kier molecular flexibility index (Phi) is 1.97. The molecule has 5 heteroatoms. The van der Waals surface area contributed by atoms with Crippen LogP contribution in [0.2, 0.25) is 0 Å². The highest BCUT2D eigenvalue weighted by atomic mass is 19.4. The summed E-state index contributed by atoms with van der Waals surface area (Å²) in [6, 6.07) is -1.96. The Morgan fingerprint density at radius 2 is 2.00 bits per heavy atom. The van der Waals surface area contributed by atoms with E-state index < -0.39 is 23.7 Å². The van der Waals surface area contributed by atoms with E-state index in [1.165, 1.54) is 6.92 Å². The Balaban J connectivity index is 2.86. The van der Waals surface area contributed by atoms with Crippen molar-refractivity contribution in [3.8, 4) is 0 Å². The van der Waals surface area contributed by atoms with Crippen LogP contribution in [0.3, 0.4) is 0 Å². The zero-order chi connectivity index (χ0) is 9.52. The van der Waals surface area contributed by atoms with Crippen molar-refractivity contribution in [3.05, 3.63) is 11.1 Å². The number of hydrogen-bond acceptors (Lipinski definition) is 1. The van der Waals surface area contributed by atoms with Gasteiger partial charge in [0, 0.05) is 5.57 Å². The molecular weight excluding hydrogens is 176 g/mol. The highest BCUT2D eigenvalue weighted by Crippen LogP contribution is 2.45. The zero-order valence-corrected chi connectivity index (χ0v) is 6.20. The second-order valence-corrected chi connectivity index (χ2v) is 2.77. The molecule has 1 nitrogen and oxygen atoms in total. The van der Waals surface area contributed by atoms with Gasteiger partial charge in [0.05, 0.1) is 5.92 Å². The van der Waals surface area contributed by atoms with E-state index in [0.29, 0.717) is 0 Å². The number of alkyl halides is 3. The first kappa shape index (κ1) is 9.22. The molecule has 0 saturated heterocycles. The van der Waals surface area contributed by atoms with E-state index in [0.717, 1.165) is 0 Å². The molecule has 0 saturated carbocycles. The van der Waals surface area contributed by atoms with Crippen LogP contribution in [0.1, 0.15) is 13.3 Å². The molecule has 0 aromatic rings. The van der Waals surface area contributed by atoms with E-state index in [4.69, 9.17) is 0 Å². The lowest BCUT2D eigenvalue weighted by Gasteiger charge is -2.30. The molecule has 0 fully saturated rings. The van der Waals surface area contributed by atoms with Gasteiger partial charge in [0.1, 0.15) is 0 Å². The Morgan fingerprint density at radius 3 is 2.17 bits per heavy atom. The summed E-state index contributed by atoms with van der Waals surface area (Å²) in [6.07, 6.45) is -4.74. The van der Waals surface area contributed by atoms with Gasteiger partial charge in [0.2, 0.25) is 0 Å². The maximum Gasteiger partial charge on any atom is 0.396 e. The average molecular weight is 182 g/mol. The molecule has 0 radical (unpaired) electrons. The Hall–Kier alpha value is -0.870. The molecule has 1 atom stereocenters. The molecule has 0 heterocycles. The quantitative estimate of drug-likeness (QED) is 0.449. The summed E-state index contributed by atoms with van der Waals surface area (Å²) in [5.74, 6) is -1.88. The van der Waals surface area contributed by atoms with Gasteiger partial charge in [0.15, 0.2) is 0 Å². The van der Waals surface area contributed by atoms with Crippen molar-refractivity contribution >= 4 is 6.04 Å². The largest absolute Gasteiger partial charge is 0.396 e.